The van der Waals surface area contributed by atoms with E-state index < -0.39 is 0 Å². The van der Waals surface area contributed by atoms with E-state index in [0.717, 1.165) is 90.4 Å². The molecule has 7 aromatic rings. The number of ether oxygens (including phenoxy) is 8. The molecule has 0 aliphatic carbocycles. The van der Waals surface area contributed by atoms with Crippen molar-refractivity contribution < 1.29 is 73.2 Å². The van der Waals surface area contributed by atoms with Gasteiger partial charge in [0.15, 0.2) is 0 Å². The third kappa shape index (κ3) is 12.2. The van der Waals surface area contributed by atoms with Crippen LogP contribution in [0.3, 0.4) is 0 Å². The summed E-state index contributed by atoms with van der Waals surface area (Å²) in [5.74, 6) is 3.63. The van der Waals surface area contributed by atoms with E-state index in [9.17, 15) is 0 Å². The van der Waals surface area contributed by atoms with E-state index in [1.165, 1.54) is 0 Å². The molecule has 0 saturated carbocycles. The largest absolute Gasteiger partial charge is 3.00 e. The molecule has 20 nitrogen and oxygen atoms in total. The second kappa shape index (κ2) is 27.3. The van der Waals surface area contributed by atoms with Gasteiger partial charge in [-0.05, 0) is 24.3 Å². The van der Waals surface area contributed by atoms with E-state index in [1.807, 2.05) is 0 Å². The van der Waals surface area contributed by atoms with E-state index in [0.29, 0.717) is 105 Å². The third-order valence-electron chi connectivity index (χ3n) is 13.7. The van der Waals surface area contributed by atoms with E-state index >= 15 is 0 Å². The monoisotopic (exact) mass is 1100 g/mol. The second-order valence-electron chi connectivity index (χ2n) is 18.3. The molecule has 406 valence electrons. The first-order valence-electron chi connectivity index (χ1n) is 25.7. The van der Waals surface area contributed by atoms with Crippen LogP contribution < -0.4 is 28.2 Å². The van der Waals surface area contributed by atoms with Gasteiger partial charge in [0.05, 0.1) is 97.9 Å². The molecule has 7 aromatic heterocycles. The summed E-state index contributed by atoms with van der Waals surface area (Å²) in [4.78, 5) is 22.7. The van der Waals surface area contributed by atoms with Crippen LogP contribution in [0.1, 0.15) is 22.8 Å². The molecule has 21 heteroatoms. The maximum Gasteiger partial charge on any atom is 3.00 e. The molecule has 9 heterocycles. The van der Waals surface area contributed by atoms with Crippen molar-refractivity contribution in [2.45, 2.75) is 52.4 Å². The van der Waals surface area contributed by atoms with Crippen LogP contribution in [-0.2, 0) is 107 Å². The van der Waals surface area contributed by atoms with Crippen LogP contribution in [0.25, 0.3) is 91.9 Å². The molecule has 0 aromatic carbocycles. The van der Waals surface area contributed by atoms with Gasteiger partial charge in [-0.3, -0.25) is 0 Å². The predicted octanol–water partition coefficient (Wildman–Crippen LogP) is 4.11. The molecule has 0 N–H and O–H groups in total. The van der Waals surface area contributed by atoms with Crippen molar-refractivity contribution in [1.82, 2.24) is 38.2 Å². The zero-order valence-electron chi connectivity index (χ0n) is 45.6. The molecular formula is C56H72MnN12O8+5. The fraction of sp³-hybridized carbons (Fsp3) is 0.429. The number of aromatic nitrogens is 12. The Hall–Kier alpha value is -6.36. The minimum absolute atomic E-state index is 0. The maximum absolute atomic E-state index is 5.69. The average molecular weight is 1100 g/mol. The molecule has 2 aliphatic heterocycles. The Labute approximate surface area is 460 Å². The zero-order chi connectivity index (χ0) is 53.0. The number of rotatable bonds is 28. The van der Waals surface area contributed by atoms with Gasteiger partial charge in [0.25, 0.3) is 23.3 Å². The zero-order valence-corrected chi connectivity index (χ0v) is 46.7. The molecule has 0 unspecified atom stereocenters. The Kier molecular flexibility index (Phi) is 20.1. The molecule has 0 saturated heterocycles. The van der Waals surface area contributed by atoms with E-state index in [4.69, 9.17) is 57.8 Å². The van der Waals surface area contributed by atoms with Crippen molar-refractivity contribution in [2.75, 3.05) is 110 Å². The number of hydrogen-bond acceptors (Lipinski definition) is 10. The van der Waals surface area contributed by atoms with Gasteiger partial charge in [-0.25, -0.2) is 46.5 Å². The quantitative estimate of drug-likeness (QED) is 0.0511. The van der Waals surface area contributed by atoms with Gasteiger partial charge < -0.3 is 47.9 Å². The van der Waals surface area contributed by atoms with E-state index in [-0.39, 0.29) is 17.1 Å². The summed E-state index contributed by atoms with van der Waals surface area (Å²) in [6.45, 7) is 8.64. The van der Waals surface area contributed by atoms with Crippen LogP contribution in [0.4, 0.5) is 0 Å². The van der Waals surface area contributed by atoms with Gasteiger partial charge in [0, 0.05) is 56.9 Å². The molecule has 8 bridgehead atoms. The van der Waals surface area contributed by atoms with Crippen molar-refractivity contribution in [1.29, 1.82) is 0 Å². The first-order valence-corrected chi connectivity index (χ1v) is 25.7. The fourth-order valence-corrected chi connectivity index (χ4v) is 9.98. The molecule has 0 amide bonds. The van der Waals surface area contributed by atoms with Gasteiger partial charge in [-0.2, -0.15) is 0 Å². The summed E-state index contributed by atoms with van der Waals surface area (Å²) >= 11 is 0. The summed E-state index contributed by atoms with van der Waals surface area (Å²) in [7, 11) is 13.8. The van der Waals surface area contributed by atoms with Crippen LogP contribution in [-0.4, -0.2) is 138 Å². The van der Waals surface area contributed by atoms with Crippen molar-refractivity contribution >= 4 is 46.4 Å². The van der Waals surface area contributed by atoms with Gasteiger partial charge >= 0.3 is 17.1 Å². The van der Waals surface area contributed by atoms with Gasteiger partial charge in [-0.15, -0.1) is 22.1 Å². The van der Waals surface area contributed by atoms with Crippen molar-refractivity contribution in [3.63, 3.8) is 0 Å². The molecule has 0 radical (unpaired) electrons. The van der Waals surface area contributed by atoms with E-state index in [1.54, 1.807) is 56.9 Å². The summed E-state index contributed by atoms with van der Waals surface area (Å²) in [6.07, 6.45) is 25.1. The standard InChI is InChI=1S/C56H72N12O8.Mn/c1-69-33-25-61-17-18-62(26-34-70-2)53(61)49-41-9-11-43(57-41)50(54-63(27-35-71-3)19-20-64(54)28-36-72-4)45-13-15-47(59-45)52(56-67(31-39-75-7)23-24-68(56)32-40-76-8)48-16-14-46(60-48)51(44-12-10-42(49)58-44)55-65(29-37-73-5)21-22-66(55)30-38-74-6;/h9-24H,25-40H2,1-8H3;/q+2;+3. The molecular weight excluding hydrogens is 1020 g/mol. The molecule has 77 heavy (non-hydrogen) atoms. The molecule has 0 atom stereocenters. The normalized spacial score (nSPS) is 12.2. The Balaban J connectivity index is 0.00000784. The van der Waals surface area contributed by atoms with Crippen molar-refractivity contribution in [2.24, 2.45) is 0 Å². The number of imidazole rings is 4. The molecule has 2 aliphatic rings. The fourth-order valence-electron chi connectivity index (χ4n) is 9.98. The minimum Gasteiger partial charge on any atom is -0.656 e. The number of hydrogen-bond donors (Lipinski definition) is 0. The predicted molar refractivity (Wildman–Crippen MR) is 286 cm³/mol. The van der Waals surface area contributed by atoms with Gasteiger partial charge in [0.1, 0.15) is 102 Å². The molecule has 0 spiro atoms. The first kappa shape index (κ1) is 56.8. The second-order valence-corrected chi connectivity index (χ2v) is 18.3. The Morgan fingerprint density at radius 2 is 0.571 bits per heavy atom. The Morgan fingerprint density at radius 1 is 0.351 bits per heavy atom. The number of fused-ring (bicyclic) bond motifs is 8. The summed E-state index contributed by atoms with van der Waals surface area (Å²) in [5, 5.41) is 0. The SMILES string of the molecule is COCCn1cc[n+](CCOC)c1-c1c2nc(c(-c3n(CCOC)cc[n+]3CCOC)c3ccc([n-]3)c(-c3n(CCOC)cc[n+]3CCOC)c3nc(c(-c4n(CCOC)cc[n+]4CCOC)c4ccc1[n-]4)C=C3)C=C2.[Mn+3]. The van der Waals surface area contributed by atoms with Gasteiger partial charge in [-0.1, -0.05) is 24.3 Å². The Bertz CT molecular complexity index is 2800. The van der Waals surface area contributed by atoms with Crippen LogP contribution in [0.15, 0.2) is 73.8 Å². The van der Waals surface area contributed by atoms with Crippen LogP contribution in [0, 0.1) is 0 Å². The number of nitrogens with zero attached hydrogens (tertiary/aromatic N) is 12. The molecule has 0 fully saturated rings. The van der Waals surface area contributed by atoms with Gasteiger partial charge in [0.2, 0.25) is 0 Å². The summed E-state index contributed by atoms with van der Waals surface area (Å²) in [5.41, 5.74) is 9.20. The minimum atomic E-state index is 0. The molecule has 9 rings (SSSR count). The van der Waals surface area contributed by atoms with Crippen LogP contribution in [0.2, 0.25) is 0 Å². The first-order chi connectivity index (χ1) is 37.4. The smallest absolute Gasteiger partial charge is 0.656 e. The topological polar surface area (TPSA) is 163 Å². The number of methoxy groups -OCH3 is 8. The third-order valence-corrected chi connectivity index (χ3v) is 13.7. The summed E-state index contributed by atoms with van der Waals surface area (Å²) < 4.78 is 63.2. The van der Waals surface area contributed by atoms with Crippen molar-refractivity contribution in [3.05, 3.63) is 96.6 Å². The van der Waals surface area contributed by atoms with Crippen LogP contribution in [0.5, 0.6) is 0 Å². The van der Waals surface area contributed by atoms with E-state index in [2.05, 4.69) is 135 Å². The van der Waals surface area contributed by atoms with Crippen LogP contribution >= 0.6 is 0 Å². The Morgan fingerprint density at radius 3 is 0.779 bits per heavy atom. The maximum atomic E-state index is 5.69. The average Bonchev–Trinajstić information content (AvgIpc) is 4.41. The van der Waals surface area contributed by atoms with Crippen molar-refractivity contribution in [3.8, 4) is 45.6 Å². The summed E-state index contributed by atoms with van der Waals surface area (Å²) in [6, 6.07) is 8.39.